The number of aromatic nitrogens is 4. The number of fused-ring (bicyclic) bond motifs is 1. The van der Waals surface area contributed by atoms with E-state index in [1.165, 1.54) is 0 Å². The van der Waals surface area contributed by atoms with E-state index in [2.05, 4.69) is 20.4 Å². The Bertz CT molecular complexity index is 1130. The molecule has 7 heteroatoms. The van der Waals surface area contributed by atoms with E-state index in [9.17, 15) is 9.59 Å². The van der Waals surface area contributed by atoms with Crippen molar-refractivity contribution in [1.29, 1.82) is 0 Å². The summed E-state index contributed by atoms with van der Waals surface area (Å²) in [4.78, 5) is 31.3. The minimum Gasteiger partial charge on any atom is -0.321 e. The molecule has 3 aromatic heterocycles. The third kappa shape index (κ3) is 3.23. The van der Waals surface area contributed by atoms with E-state index in [0.717, 1.165) is 10.9 Å². The molecular weight excluding hydrogens is 330 g/mol. The first kappa shape index (κ1) is 15.8. The number of aromatic amines is 1. The third-order valence-electron chi connectivity index (χ3n) is 3.97. The van der Waals surface area contributed by atoms with Crippen LogP contribution < -0.4 is 10.9 Å². The van der Waals surface area contributed by atoms with Crippen LogP contribution in [-0.2, 0) is 6.54 Å². The van der Waals surface area contributed by atoms with E-state index in [1.807, 2.05) is 30.3 Å². The van der Waals surface area contributed by atoms with Crippen LogP contribution >= 0.6 is 0 Å². The predicted octanol–water partition coefficient (Wildman–Crippen LogP) is 2.42. The van der Waals surface area contributed by atoms with E-state index in [4.69, 9.17) is 0 Å². The molecule has 0 aliphatic rings. The van der Waals surface area contributed by atoms with Crippen LogP contribution in [0.5, 0.6) is 0 Å². The van der Waals surface area contributed by atoms with Gasteiger partial charge in [-0.3, -0.25) is 19.3 Å². The Hall–Kier alpha value is -3.74. The van der Waals surface area contributed by atoms with Crippen LogP contribution in [-0.4, -0.2) is 25.7 Å². The molecule has 1 amide bonds. The smallest absolute Gasteiger partial charge is 0.262 e. The van der Waals surface area contributed by atoms with E-state index in [-0.39, 0.29) is 5.56 Å². The second kappa shape index (κ2) is 6.64. The number of pyridine rings is 2. The molecule has 4 aromatic rings. The van der Waals surface area contributed by atoms with Crippen molar-refractivity contribution >= 4 is 22.6 Å². The molecule has 0 aliphatic carbocycles. The van der Waals surface area contributed by atoms with Crippen LogP contribution in [0.1, 0.15) is 15.9 Å². The van der Waals surface area contributed by atoms with Crippen molar-refractivity contribution in [2.24, 2.45) is 0 Å². The lowest BCUT2D eigenvalue weighted by Crippen LogP contribution is -2.23. The van der Waals surface area contributed by atoms with E-state index < -0.39 is 11.5 Å². The highest BCUT2D eigenvalue weighted by molar-refractivity contribution is 6.05. The molecule has 0 radical (unpaired) electrons. The van der Waals surface area contributed by atoms with Gasteiger partial charge in [-0.15, -0.1) is 0 Å². The fourth-order valence-electron chi connectivity index (χ4n) is 2.69. The molecule has 0 saturated heterocycles. The number of nitrogens with zero attached hydrogens (tertiary/aromatic N) is 3. The van der Waals surface area contributed by atoms with E-state index in [1.54, 1.807) is 41.5 Å². The Kier molecular flexibility index (Phi) is 4.03. The van der Waals surface area contributed by atoms with Gasteiger partial charge in [0.2, 0.25) is 0 Å². The maximum atomic E-state index is 12.5. The number of carbonyl (C=O) groups is 1. The highest BCUT2D eigenvalue weighted by Crippen LogP contribution is 2.12. The van der Waals surface area contributed by atoms with Crippen LogP contribution in [0.4, 0.5) is 5.82 Å². The molecule has 2 N–H and O–H groups in total. The van der Waals surface area contributed by atoms with E-state index >= 15 is 0 Å². The molecule has 1 aromatic carbocycles. The summed E-state index contributed by atoms with van der Waals surface area (Å²) in [6.45, 7) is 0.564. The summed E-state index contributed by atoms with van der Waals surface area (Å²) in [5.74, 6) is -0.109. The summed E-state index contributed by atoms with van der Waals surface area (Å²) >= 11 is 0. The zero-order chi connectivity index (χ0) is 17.9. The Morgan fingerprint density at radius 2 is 1.92 bits per heavy atom. The molecule has 3 heterocycles. The topological polar surface area (TPSA) is 92.7 Å². The zero-order valence-corrected chi connectivity index (χ0v) is 13.7. The molecule has 0 atom stereocenters. The fraction of sp³-hybridized carbons (Fsp3) is 0.0526. The third-order valence-corrected chi connectivity index (χ3v) is 3.97. The average molecular weight is 345 g/mol. The normalized spacial score (nSPS) is 10.8. The molecule has 7 nitrogen and oxygen atoms in total. The number of nitrogens with one attached hydrogen (secondary N) is 2. The van der Waals surface area contributed by atoms with E-state index in [0.29, 0.717) is 17.9 Å². The van der Waals surface area contributed by atoms with Gasteiger partial charge >= 0.3 is 0 Å². The molecule has 0 spiro atoms. The van der Waals surface area contributed by atoms with Gasteiger partial charge in [0, 0.05) is 30.2 Å². The number of carbonyl (C=O) groups excluding carboxylic acids is 1. The number of H-pyrrole nitrogens is 1. The second-order valence-electron chi connectivity index (χ2n) is 5.81. The lowest BCUT2D eigenvalue weighted by molar-refractivity contribution is 0.102. The van der Waals surface area contributed by atoms with Crippen molar-refractivity contribution in [3.63, 3.8) is 0 Å². The summed E-state index contributed by atoms with van der Waals surface area (Å²) in [5.41, 5.74) is 1.35. The molecule has 128 valence electrons. The van der Waals surface area contributed by atoms with Crippen LogP contribution in [0.3, 0.4) is 0 Å². The number of rotatable bonds is 4. The fourth-order valence-corrected chi connectivity index (χ4v) is 2.69. The first-order valence-corrected chi connectivity index (χ1v) is 8.05. The maximum absolute atomic E-state index is 12.5. The molecule has 0 unspecified atom stereocenters. The maximum Gasteiger partial charge on any atom is 0.262 e. The van der Waals surface area contributed by atoms with Gasteiger partial charge in [-0.05, 0) is 35.2 Å². The van der Waals surface area contributed by atoms with Crippen LogP contribution in [0.15, 0.2) is 71.9 Å². The Labute approximate surface area is 148 Å². The number of para-hydroxylation sites is 1. The minimum atomic E-state index is -0.494. The van der Waals surface area contributed by atoms with Crippen molar-refractivity contribution in [3.05, 3.63) is 88.6 Å². The molecule has 0 bridgehead atoms. The number of hydrogen-bond donors (Lipinski definition) is 2. The van der Waals surface area contributed by atoms with Crippen LogP contribution in [0.2, 0.25) is 0 Å². The first-order chi connectivity index (χ1) is 12.7. The standard InChI is InChI=1S/C19H15N5O2/c25-18-15(11-14-3-1-2-4-16(14)21-18)19(26)22-17-7-10-24(23-17)12-13-5-8-20-9-6-13/h1-11H,12H2,(H,21,25)(H,22,23,26). The Morgan fingerprint density at radius 3 is 2.77 bits per heavy atom. The summed E-state index contributed by atoms with van der Waals surface area (Å²) in [5, 5.41) is 7.77. The van der Waals surface area contributed by atoms with Crippen LogP contribution in [0, 0.1) is 0 Å². The average Bonchev–Trinajstić information content (AvgIpc) is 3.08. The number of anilines is 1. The molecule has 4 rings (SSSR count). The highest BCUT2D eigenvalue weighted by atomic mass is 16.2. The number of hydrogen-bond acceptors (Lipinski definition) is 4. The summed E-state index contributed by atoms with van der Waals surface area (Å²) in [6, 6.07) is 14.4. The van der Waals surface area contributed by atoms with Crippen molar-refractivity contribution in [2.75, 3.05) is 5.32 Å². The monoisotopic (exact) mass is 345 g/mol. The van der Waals surface area contributed by atoms with Gasteiger partial charge in [-0.2, -0.15) is 5.10 Å². The highest BCUT2D eigenvalue weighted by Gasteiger charge is 2.13. The largest absolute Gasteiger partial charge is 0.321 e. The minimum absolute atomic E-state index is 0.0485. The first-order valence-electron chi connectivity index (χ1n) is 8.05. The van der Waals surface area contributed by atoms with Gasteiger partial charge in [0.05, 0.1) is 6.54 Å². The lowest BCUT2D eigenvalue weighted by Gasteiger charge is -2.04. The van der Waals surface area contributed by atoms with Gasteiger partial charge < -0.3 is 10.3 Å². The molecule has 0 fully saturated rings. The van der Waals surface area contributed by atoms with Gasteiger partial charge in [0.25, 0.3) is 11.5 Å². The number of benzene rings is 1. The molecule has 0 aliphatic heterocycles. The van der Waals surface area contributed by atoms with Crippen LogP contribution in [0.25, 0.3) is 10.9 Å². The lowest BCUT2D eigenvalue weighted by atomic mass is 10.1. The molecular formula is C19H15N5O2. The van der Waals surface area contributed by atoms with Gasteiger partial charge in [0.15, 0.2) is 5.82 Å². The van der Waals surface area contributed by atoms with Crippen molar-refractivity contribution in [2.45, 2.75) is 6.54 Å². The van der Waals surface area contributed by atoms with Crippen molar-refractivity contribution in [3.8, 4) is 0 Å². The number of amides is 1. The Morgan fingerprint density at radius 1 is 1.12 bits per heavy atom. The van der Waals surface area contributed by atoms with Crippen molar-refractivity contribution in [1.82, 2.24) is 19.7 Å². The van der Waals surface area contributed by atoms with Gasteiger partial charge in [0.1, 0.15) is 5.56 Å². The summed E-state index contributed by atoms with van der Waals surface area (Å²) in [7, 11) is 0. The summed E-state index contributed by atoms with van der Waals surface area (Å²) < 4.78 is 1.70. The molecule has 0 saturated carbocycles. The second-order valence-corrected chi connectivity index (χ2v) is 5.81. The van der Waals surface area contributed by atoms with Gasteiger partial charge in [-0.25, -0.2) is 0 Å². The van der Waals surface area contributed by atoms with Crippen molar-refractivity contribution < 1.29 is 4.79 Å². The quantitative estimate of drug-likeness (QED) is 0.594. The SMILES string of the molecule is O=C(Nc1ccn(Cc2ccncc2)n1)c1cc2ccccc2[nH]c1=O. The zero-order valence-electron chi connectivity index (χ0n) is 13.7. The summed E-state index contributed by atoms with van der Waals surface area (Å²) in [6.07, 6.45) is 5.20. The molecule has 26 heavy (non-hydrogen) atoms. The predicted molar refractivity (Wildman–Crippen MR) is 98.1 cm³/mol. The Balaban J connectivity index is 1.53. The van der Waals surface area contributed by atoms with Gasteiger partial charge in [-0.1, -0.05) is 18.2 Å².